The van der Waals surface area contributed by atoms with Gasteiger partial charge in [-0.05, 0) is 17.7 Å². The van der Waals surface area contributed by atoms with Gasteiger partial charge >= 0.3 is 0 Å². The maximum Gasteiger partial charge on any atom is 0.229 e. The first kappa shape index (κ1) is 11.1. The van der Waals surface area contributed by atoms with Crippen molar-refractivity contribution < 1.29 is 9.26 Å². The lowest BCUT2D eigenvalue weighted by molar-refractivity contribution is 0.122. The molecule has 2 aromatic rings. The van der Waals surface area contributed by atoms with Gasteiger partial charge in [0.05, 0.1) is 25.0 Å². The van der Waals surface area contributed by atoms with Gasteiger partial charge in [-0.25, -0.2) is 0 Å². The van der Waals surface area contributed by atoms with Crippen LogP contribution in [0.3, 0.4) is 0 Å². The Hall–Kier alpha value is -2.01. The second-order valence-electron chi connectivity index (χ2n) is 4.25. The molecule has 1 aliphatic heterocycles. The summed E-state index contributed by atoms with van der Waals surface area (Å²) >= 11 is 0. The van der Waals surface area contributed by atoms with Crippen molar-refractivity contribution in [3.63, 3.8) is 0 Å². The van der Waals surface area contributed by atoms with Crippen LogP contribution in [0.4, 0.5) is 11.6 Å². The minimum atomic E-state index is 0.356. The predicted molar refractivity (Wildman–Crippen MR) is 69.4 cm³/mol. The molecule has 0 amide bonds. The first-order chi connectivity index (χ1) is 8.84. The number of benzene rings is 1. The Morgan fingerprint density at radius 1 is 1.11 bits per heavy atom. The summed E-state index contributed by atoms with van der Waals surface area (Å²) in [7, 11) is 0. The number of ether oxygens (including phenoxy) is 1. The summed E-state index contributed by atoms with van der Waals surface area (Å²) in [6.45, 7) is 3.46. The van der Waals surface area contributed by atoms with Crippen LogP contribution in [-0.4, -0.2) is 31.5 Å². The Kier molecular flexibility index (Phi) is 2.90. The van der Waals surface area contributed by atoms with E-state index in [2.05, 4.69) is 22.2 Å². The molecule has 0 atom stereocenters. The minimum Gasteiger partial charge on any atom is -0.378 e. The number of hydrogen-bond acceptors (Lipinski definition) is 5. The molecule has 5 heteroatoms. The molecule has 0 radical (unpaired) electrons. The van der Waals surface area contributed by atoms with Gasteiger partial charge in [0.2, 0.25) is 5.88 Å². The fourth-order valence-electron chi connectivity index (χ4n) is 2.14. The van der Waals surface area contributed by atoms with Crippen LogP contribution >= 0.6 is 0 Å². The van der Waals surface area contributed by atoms with Gasteiger partial charge < -0.3 is 19.9 Å². The van der Waals surface area contributed by atoms with Gasteiger partial charge in [-0.15, -0.1) is 0 Å². The second kappa shape index (κ2) is 4.70. The lowest BCUT2D eigenvalue weighted by Gasteiger charge is -2.28. The molecule has 0 saturated carbocycles. The van der Waals surface area contributed by atoms with E-state index in [-0.39, 0.29) is 0 Å². The van der Waals surface area contributed by atoms with E-state index in [1.54, 1.807) is 6.20 Å². The molecule has 1 aromatic carbocycles. The molecular formula is C13H15N3O2. The van der Waals surface area contributed by atoms with Gasteiger partial charge in [0.1, 0.15) is 0 Å². The first-order valence-corrected chi connectivity index (χ1v) is 5.98. The summed E-state index contributed by atoms with van der Waals surface area (Å²) in [6.07, 6.45) is 1.64. The minimum absolute atomic E-state index is 0.356. The average Bonchev–Trinajstić information content (AvgIpc) is 2.86. The summed E-state index contributed by atoms with van der Waals surface area (Å²) in [4.78, 5) is 2.31. The molecule has 0 spiro atoms. The van der Waals surface area contributed by atoms with Gasteiger partial charge in [-0.3, -0.25) is 0 Å². The van der Waals surface area contributed by atoms with E-state index in [1.165, 1.54) is 5.69 Å². The summed E-state index contributed by atoms with van der Waals surface area (Å²) in [5, 5.41) is 3.68. The number of aromatic nitrogens is 1. The molecule has 0 aliphatic carbocycles. The van der Waals surface area contributed by atoms with E-state index in [0.717, 1.165) is 37.4 Å². The highest BCUT2D eigenvalue weighted by Crippen LogP contribution is 2.27. The summed E-state index contributed by atoms with van der Waals surface area (Å²) < 4.78 is 10.2. The predicted octanol–water partition coefficient (Wildman–Crippen LogP) is 1.76. The maximum atomic E-state index is 5.70. The van der Waals surface area contributed by atoms with Gasteiger partial charge in [0.25, 0.3) is 0 Å². The molecule has 0 bridgehead atoms. The van der Waals surface area contributed by atoms with Crippen LogP contribution in [0.15, 0.2) is 35.0 Å². The van der Waals surface area contributed by atoms with Crippen molar-refractivity contribution in [3.05, 3.63) is 30.5 Å². The van der Waals surface area contributed by atoms with E-state index in [9.17, 15) is 0 Å². The Morgan fingerprint density at radius 3 is 2.44 bits per heavy atom. The quantitative estimate of drug-likeness (QED) is 0.873. The monoisotopic (exact) mass is 245 g/mol. The molecule has 0 unspecified atom stereocenters. The smallest absolute Gasteiger partial charge is 0.229 e. The highest BCUT2D eigenvalue weighted by molar-refractivity contribution is 5.73. The van der Waals surface area contributed by atoms with Crippen LogP contribution in [-0.2, 0) is 4.74 Å². The number of anilines is 2. The van der Waals surface area contributed by atoms with Crippen molar-refractivity contribution in [2.45, 2.75) is 0 Å². The fourth-order valence-corrected chi connectivity index (χ4v) is 2.14. The molecule has 3 rings (SSSR count). The van der Waals surface area contributed by atoms with Crippen molar-refractivity contribution in [2.75, 3.05) is 36.9 Å². The van der Waals surface area contributed by atoms with Crippen molar-refractivity contribution in [2.24, 2.45) is 0 Å². The Balaban J connectivity index is 1.82. The zero-order chi connectivity index (χ0) is 12.4. The average molecular weight is 245 g/mol. The van der Waals surface area contributed by atoms with E-state index >= 15 is 0 Å². The van der Waals surface area contributed by atoms with Crippen molar-refractivity contribution in [3.8, 4) is 11.1 Å². The highest BCUT2D eigenvalue weighted by atomic mass is 16.5. The van der Waals surface area contributed by atoms with E-state index < -0.39 is 0 Å². The lowest BCUT2D eigenvalue weighted by atomic mass is 10.1. The maximum absolute atomic E-state index is 5.70. The summed E-state index contributed by atoms with van der Waals surface area (Å²) in [6, 6.07) is 8.25. The lowest BCUT2D eigenvalue weighted by Crippen LogP contribution is -2.36. The molecule has 2 heterocycles. The molecule has 1 aliphatic rings. The van der Waals surface area contributed by atoms with Crippen LogP contribution in [0.1, 0.15) is 0 Å². The number of morpholine rings is 1. The third kappa shape index (κ3) is 2.04. The zero-order valence-electron chi connectivity index (χ0n) is 10.0. The SMILES string of the molecule is Nc1oncc1-c1ccc(N2CCOCC2)cc1. The molecular weight excluding hydrogens is 230 g/mol. The van der Waals surface area contributed by atoms with Crippen molar-refractivity contribution in [1.29, 1.82) is 0 Å². The summed E-state index contributed by atoms with van der Waals surface area (Å²) in [5.74, 6) is 0.356. The number of nitrogens with zero attached hydrogens (tertiary/aromatic N) is 2. The van der Waals surface area contributed by atoms with Crippen molar-refractivity contribution >= 4 is 11.6 Å². The third-order valence-corrected chi connectivity index (χ3v) is 3.15. The van der Waals surface area contributed by atoms with Crippen LogP contribution in [0.25, 0.3) is 11.1 Å². The largest absolute Gasteiger partial charge is 0.378 e. The van der Waals surface area contributed by atoms with Gasteiger partial charge in [0.15, 0.2) is 0 Å². The highest BCUT2D eigenvalue weighted by Gasteiger charge is 2.12. The van der Waals surface area contributed by atoms with Gasteiger partial charge in [-0.2, -0.15) is 0 Å². The van der Waals surface area contributed by atoms with E-state index in [4.69, 9.17) is 15.0 Å². The molecule has 1 aromatic heterocycles. The van der Waals surface area contributed by atoms with E-state index in [0.29, 0.717) is 5.88 Å². The van der Waals surface area contributed by atoms with Crippen LogP contribution in [0.2, 0.25) is 0 Å². The van der Waals surface area contributed by atoms with Gasteiger partial charge in [-0.1, -0.05) is 17.3 Å². The number of hydrogen-bond donors (Lipinski definition) is 1. The van der Waals surface area contributed by atoms with Gasteiger partial charge in [0, 0.05) is 18.8 Å². The summed E-state index contributed by atoms with van der Waals surface area (Å²) in [5.41, 5.74) is 8.76. The molecule has 2 N–H and O–H groups in total. The molecule has 18 heavy (non-hydrogen) atoms. The normalized spacial score (nSPS) is 15.9. The number of nitrogens with two attached hydrogens (primary N) is 1. The molecule has 5 nitrogen and oxygen atoms in total. The number of nitrogen functional groups attached to an aromatic ring is 1. The van der Waals surface area contributed by atoms with Crippen LogP contribution in [0.5, 0.6) is 0 Å². The Labute approximate surface area is 105 Å². The van der Waals surface area contributed by atoms with Crippen LogP contribution in [0, 0.1) is 0 Å². The Morgan fingerprint density at radius 2 is 1.83 bits per heavy atom. The second-order valence-corrected chi connectivity index (χ2v) is 4.25. The van der Waals surface area contributed by atoms with E-state index in [1.807, 2.05) is 12.1 Å². The topological polar surface area (TPSA) is 64.5 Å². The van der Waals surface area contributed by atoms with Crippen molar-refractivity contribution in [1.82, 2.24) is 5.16 Å². The fraction of sp³-hybridized carbons (Fsp3) is 0.308. The molecule has 94 valence electrons. The standard InChI is InChI=1S/C13H15N3O2/c14-13-12(9-15-18-13)10-1-3-11(4-2-10)16-5-7-17-8-6-16/h1-4,9H,5-8,14H2. The van der Waals surface area contributed by atoms with Crippen LogP contribution < -0.4 is 10.6 Å². The molecule has 1 saturated heterocycles. The first-order valence-electron chi connectivity index (χ1n) is 5.98. The Bertz CT molecular complexity index is 515. The zero-order valence-corrected chi connectivity index (χ0v) is 10.0. The molecule has 1 fully saturated rings. The third-order valence-electron chi connectivity index (χ3n) is 3.15. The number of rotatable bonds is 2.